The second kappa shape index (κ2) is 2.70. The quantitative estimate of drug-likeness (QED) is 0.364. The first kappa shape index (κ1) is 6.58. The van der Waals surface area contributed by atoms with Gasteiger partial charge in [-0.1, -0.05) is 0 Å². The zero-order chi connectivity index (χ0) is 5.86. The Morgan fingerprint density at radius 2 is 2.29 bits per heavy atom. The number of hydrogen-bond donors (Lipinski definition) is 1. The molecule has 0 amide bonds. The van der Waals surface area contributed by atoms with Crippen molar-refractivity contribution in [3.05, 3.63) is 0 Å². The molecule has 7 heavy (non-hydrogen) atoms. The molecule has 1 N–H and O–H groups in total. The van der Waals surface area contributed by atoms with Gasteiger partial charge >= 0.3 is 5.30 Å². The molecule has 0 aromatic heterocycles. The lowest BCUT2D eigenvalue weighted by atomic mass is 11.5. The predicted molar refractivity (Wildman–Crippen MR) is 23.2 cm³/mol. The predicted octanol–water partition coefficient (Wildman–Crippen LogP) is -0.0255. The Kier molecular flexibility index (Phi) is 2.54. The van der Waals surface area contributed by atoms with Crippen LogP contribution >= 0.6 is 0 Å². The van der Waals surface area contributed by atoms with E-state index in [1.807, 2.05) is 0 Å². The zero-order valence-electron chi connectivity index (χ0n) is 3.58. The van der Waals surface area contributed by atoms with Crippen LogP contribution in [0.4, 0.5) is 4.79 Å². The second-order valence-electron chi connectivity index (χ2n) is 0.703. The fraction of sp³-hybridized carbons (Fsp3) is 0.500. The minimum absolute atomic E-state index is 1.04. The summed E-state index contributed by atoms with van der Waals surface area (Å²) in [6.45, 7) is 0. The van der Waals surface area contributed by atoms with E-state index in [1.165, 1.54) is 0 Å². The first-order valence-electron chi connectivity index (χ1n) is 1.37. The molecular weight excluding hydrogens is 120 g/mol. The second-order valence-corrected chi connectivity index (χ2v) is 1.53. The van der Waals surface area contributed by atoms with E-state index in [-0.39, 0.29) is 0 Å². The number of ether oxygens (including phenoxy) is 1. The van der Waals surface area contributed by atoms with Crippen LogP contribution in [0.3, 0.4) is 0 Å². The highest BCUT2D eigenvalue weighted by molar-refractivity contribution is 7.94. The van der Waals surface area contributed by atoms with Gasteiger partial charge in [-0.3, -0.25) is 4.55 Å². The van der Waals surface area contributed by atoms with Crippen LogP contribution in [0.15, 0.2) is 0 Å². The summed E-state index contributed by atoms with van der Waals surface area (Å²) in [6.07, 6.45) is 0. The molecule has 0 bridgehead atoms. The van der Waals surface area contributed by atoms with Gasteiger partial charge < -0.3 is 4.74 Å². The molecule has 0 aliphatic heterocycles. The number of methoxy groups -OCH3 is 1. The van der Waals surface area contributed by atoms with E-state index in [1.54, 1.807) is 0 Å². The highest BCUT2D eigenvalue weighted by atomic mass is 32.2. The van der Waals surface area contributed by atoms with Crippen molar-refractivity contribution >= 4 is 16.4 Å². The fourth-order valence-electron chi connectivity index (χ4n) is 0.0713. The third kappa shape index (κ3) is 2.30. The van der Waals surface area contributed by atoms with E-state index < -0.39 is 16.4 Å². The van der Waals surface area contributed by atoms with Crippen molar-refractivity contribution in [3.8, 4) is 0 Å². The lowest BCUT2D eigenvalue weighted by Gasteiger charge is -1.86. The average Bonchev–Trinajstić information content (AvgIpc) is 1.65. The van der Waals surface area contributed by atoms with E-state index in [4.69, 9.17) is 4.55 Å². The maximum absolute atomic E-state index is 9.74. The Labute approximate surface area is 42.8 Å². The summed E-state index contributed by atoms with van der Waals surface area (Å²) >= 11 is -2.47. The molecular formula is C2H4O4S. The van der Waals surface area contributed by atoms with Crippen LogP contribution in [0.1, 0.15) is 0 Å². The van der Waals surface area contributed by atoms with Gasteiger partial charge in [0.25, 0.3) is 11.1 Å². The highest BCUT2D eigenvalue weighted by Crippen LogP contribution is 1.79. The number of rotatable bonds is 0. The molecule has 0 radical (unpaired) electrons. The molecule has 0 aromatic rings. The summed E-state index contributed by atoms with van der Waals surface area (Å²) in [5, 5.41) is -1.12. The summed E-state index contributed by atoms with van der Waals surface area (Å²) < 4.78 is 21.2. The van der Waals surface area contributed by atoms with E-state index >= 15 is 0 Å². The summed E-state index contributed by atoms with van der Waals surface area (Å²) in [4.78, 5) is 9.74. The van der Waals surface area contributed by atoms with Crippen molar-refractivity contribution in [2.24, 2.45) is 0 Å². The number of carbonyl (C=O) groups is 1. The monoisotopic (exact) mass is 124 g/mol. The molecule has 0 saturated heterocycles. The van der Waals surface area contributed by atoms with Gasteiger partial charge in [0.05, 0.1) is 7.11 Å². The van der Waals surface area contributed by atoms with Crippen LogP contribution in [0, 0.1) is 0 Å². The Morgan fingerprint density at radius 1 is 1.86 bits per heavy atom. The number of carbonyl (C=O) groups excluding carboxylic acids is 1. The largest absolute Gasteiger partial charge is 0.458 e. The molecule has 1 unspecified atom stereocenters. The van der Waals surface area contributed by atoms with E-state index in [2.05, 4.69) is 4.74 Å². The minimum atomic E-state index is -2.47. The smallest absolute Gasteiger partial charge is 0.424 e. The van der Waals surface area contributed by atoms with Gasteiger partial charge in [0.2, 0.25) is 0 Å². The van der Waals surface area contributed by atoms with Crippen LogP contribution in [0.2, 0.25) is 0 Å². The molecule has 4 nitrogen and oxygen atoms in total. The maximum atomic E-state index is 9.74. The molecule has 0 spiro atoms. The Balaban J connectivity index is 3.58. The average molecular weight is 124 g/mol. The van der Waals surface area contributed by atoms with Crippen molar-refractivity contribution in [1.29, 1.82) is 0 Å². The zero-order valence-corrected chi connectivity index (χ0v) is 4.40. The molecule has 42 valence electrons. The van der Waals surface area contributed by atoms with Crippen LogP contribution in [0.25, 0.3) is 0 Å². The van der Waals surface area contributed by atoms with Crippen LogP contribution < -0.4 is 0 Å². The maximum Gasteiger partial charge on any atom is 0.424 e. The summed E-state index contributed by atoms with van der Waals surface area (Å²) in [5.74, 6) is 0. The van der Waals surface area contributed by atoms with Crippen LogP contribution in [-0.4, -0.2) is 21.2 Å². The van der Waals surface area contributed by atoms with Crippen molar-refractivity contribution in [1.82, 2.24) is 0 Å². The van der Waals surface area contributed by atoms with Crippen molar-refractivity contribution < 1.29 is 18.3 Å². The van der Waals surface area contributed by atoms with Gasteiger partial charge in [-0.05, 0) is 0 Å². The first-order chi connectivity index (χ1) is 3.18. The topological polar surface area (TPSA) is 63.6 Å². The number of hydrogen-bond acceptors (Lipinski definition) is 3. The van der Waals surface area contributed by atoms with Crippen molar-refractivity contribution in [2.75, 3.05) is 7.11 Å². The normalized spacial score (nSPS) is 12.9. The van der Waals surface area contributed by atoms with E-state index in [0.29, 0.717) is 0 Å². The van der Waals surface area contributed by atoms with Gasteiger partial charge in [0.1, 0.15) is 0 Å². The Bertz CT molecular complexity index is 97.9. The molecule has 0 fully saturated rings. The molecule has 0 aliphatic rings. The molecule has 0 heterocycles. The van der Waals surface area contributed by atoms with Crippen LogP contribution in [0.5, 0.6) is 0 Å². The highest BCUT2D eigenvalue weighted by Gasteiger charge is 2.04. The van der Waals surface area contributed by atoms with E-state index in [9.17, 15) is 9.00 Å². The van der Waals surface area contributed by atoms with Gasteiger partial charge in [-0.2, -0.15) is 0 Å². The Hall–Kier alpha value is -0.420. The van der Waals surface area contributed by atoms with Crippen molar-refractivity contribution in [3.63, 3.8) is 0 Å². The van der Waals surface area contributed by atoms with Gasteiger partial charge in [-0.25, -0.2) is 9.00 Å². The summed E-state index contributed by atoms with van der Waals surface area (Å²) in [7, 11) is 1.04. The molecule has 0 rings (SSSR count). The molecule has 0 saturated carbocycles. The lowest BCUT2D eigenvalue weighted by Crippen LogP contribution is -2.04. The van der Waals surface area contributed by atoms with E-state index in [0.717, 1.165) is 7.11 Å². The molecule has 0 aromatic carbocycles. The Morgan fingerprint density at radius 3 is 2.29 bits per heavy atom. The standard InChI is InChI=1S/C2H4O4S/c1-6-2(3)7(4)5/h1H3,(H,4,5). The minimum Gasteiger partial charge on any atom is -0.458 e. The van der Waals surface area contributed by atoms with Gasteiger partial charge in [0, 0.05) is 0 Å². The van der Waals surface area contributed by atoms with Gasteiger partial charge in [0.15, 0.2) is 0 Å². The summed E-state index contributed by atoms with van der Waals surface area (Å²) in [5.41, 5.74) is 0. The molecule has 0 aliphatic carbocycles. The SMILES string of the molecule is COC(=O)S(=O)O. The fourth-order valence-corrected chi connectivity index (χ4v) is 0.214. The molecule has 5 heteroatoms. The molecule has 1 atom stereocenters. The van der Waals surface area contributed by atoms with Crippen LogP contribution in [-0.2, 0) is 15.8 Å². The third-order valence-corrected chi connectivity index (χ3v) is 0.761. The first-order valence-corrected chi connectivity index (χ1v) is 2.48. The summed E-state index contributed by atoms with van der Waals surface area (Å²) in [6, 6.07) is 0. The van der Waals surface area contributed by atoms with Crippen molar-refractivity contribution in [2.45, 2.75) is 0 Å². The van der Waals surface area contributed by atoms with Gasteiger partial charge in [-0.15, -0.1) is 0 Å². The third-order valence-electron chi connectivity index (χ3n) is 0.309. The lowest BCUT2D eigenvalue weighted by molar-refractivity contribution is 0.196.